The molecule has 2 aromatic rings. The van der Waals surface area contributed by atoms with Gasteiger partial charge in [0.05, 0.1) is 11.3 Å². The lowest BCUT2D eigenvalue weighted by Crippen LogP contribution is -2.27. The van der Waals surface area contributed by atoms with Crippen LogP contribution in [-0.4, -0.2) is 27.0 Å². The highest BCUT2D eigenvalue weighted by Crippen LogP contribution is 2.19. The highest BCUT2D eigenvalue weighted by Gasteiger charge is 2.15. The van der Waals surface area contributed by atoms with Crippen molar-refractivity contribution in [2.45, 2.75) is 0 Å². The Morgan fingerprint density at radius 3 is 2.48 bits per heavy atom. The van der Waals surface area contributed by atoms with Crippen LogP contribution in [0.2, 0.25) is 0 Å². The summed E-state index contributed by atoms with van der Waals surface area (Å²) < 4.78 is 0.688. The molecule has 9 heteroatoms. The Kier molecular flexibility index (Phi) is 4.21. The number of carbonyl (C=O) groups is 2. The fourth-order valence-electron chi connectivity index (χ4n) is 1.58. The number of amides is 1. The minimum atomic E-state index is -1.21. The minimum absolute atomic E-state index is 0.0639. The summed E-state index contributed by atoms with van der Waals surface area (Å²) in [6.45, 7) is 0. The van der Waals surface area contributed by atoms with Crippen LogP contribution in [0.1, 0.15) is 20.8 Å². The lowest BCUT2D eigenvalue weighted by atomic mass is 10.1. The van der Waals surface area contributed by atoms with Crippen molar-refractivity contribution in [3.8, 4) is 0 Å². The highest BCUT2D eigenvalue weighted by molar-refractivity contribution is 14.1. The van der Waals surface area contributed by atoms with E-state index in [0.717, 1.165) is 6.07 Å². The van der Waals surface area contributed by atoms with E-state index in [0.29, 0.717) is 3.57 Å². The van der Waals surface area contributed by atoms with Gasteiger partial charge in [-0.15, -0.1) is 0 Å². The van der Waals surface area contributed by atoms with Gasteiger partial charge in [0.25, 0.3) is 11.5 Å². The number of aromatic nitrogens is 2. The van der Waals surface area contributed by atoms with Crippen molar-refractivity contribution in [2.24, 2.45) is 0 Å². The maximum absolute atomic E-state index is 11.9. The fourth-order valence-corrected chi connectivity index (χ4v) is 2.07. The smallest absolute Gasteiger partial charge is 0.337 e. The molecule has 0 saturated carbocycles. The molecule has 0 spiro atoms. The Morgan fingerprint density at radius 1 is 1.14 bits per heavy atom. The molecule has 0 atom stereocenters. The molecule has 1 heterocycles. The summed E-state index contributed by atoms with van der Waals surface area (Å²) >= 11 is 1.94. The third-order valence-electron chi connectivity index (χ3n) is 2.47. The second-order valence-corrected chi connectivity index (χ2v) is 5.20. The molecule has 108 valence electrons. The zero-order chi connectivity index (χ0) is 15.6. The van der Waals surface area contributed by atoms with Gasteiger partial charge in [0.2, 0.25) is 0 Å². The first-order chi connectivity index (χ1) is 9.86. The summed E-state index contributed by atoms with van der Waals surface area (Å²) in [5, 5.41) is 11.4. The number of carbonyl (C=O) groups excluding carboxylic acids is 1. The Balaban J connectivity index is 2.38. The maximum Gasteiger partial charge on any atom is 0.337 e. The number of hydrogen-bond donors (Lipinski definition) is 4. The number of carboxylic acid groups (broad SMARTS) is 1. The van der Waals surface area contributed by atoms with Crippen molar-refractivity contribution in [2.75, 3.05) is 5.32 Å². The average Bonchev–Trinajstić information content (AvgIpc) is 2.39. The highest BCUT2D eigenvalue weighted by atomic mass is 127. The predicted octanol–water partition coefficient (Wildman–Crippen LogP) is 0.618. The van der Waals surface area contributed by atoms with Gasteiger partial charge in [-0.25, -0.2) is 9.59 Å². The molecule has 0 unspecified atom stereocenters. The summed E-state index contributed by atoms with van der Waals surface area (Å²) in [7, 11) is 0. The lowest BCUT2D eigenvalue weighted by molar-refractivity contribution is 0.0698. The molecule has 2 rings (SSSR count). The molecule has 0 fully saturated rings. The van der Waals surface area contributed by atoms with Crippen LogP contribution in [-0.2, 0) is 0 Å². The van der Waals surface area contributed by atoms with E-state index in [-0.39, 0.29) is 16.9 Å². The predicted molar refractivity (Wildman–Crippen MR) is 81.8 cm³/mol. The Morgan fingerprint density at radius 2 is 1.86 bits per heavy atom. The Labute approximate surface area is 130 Å². The fraction of sp³-hybridized carbons (Fsp3) is 0. The molecule has 0 saturated heterocycles. The second kappa shape index (κ2) is 5.91. The number of aromatic amines is 2. The summed E-state index contributed by atoms with van der Waals surface area (Å²) in [6, 6.07) is 5.33. The minimum Gasteiger partial charge on any atom is -0.478 e. The number of rotatable bonds is 3. The van der Waals surface area contributed by atoms with Gasteiger partial charge in [0.15, 0.2) is 0 Å². The summed E-state index contributed by atoms with van der Waals surface area (Å²) in [5.41, 5.74) is -1.85. The standard InChI is InChI=1S/C12H8IN3O5/c13-5-1-2-7(6(3-5)11(19)20)14-10(18)8-4-9(17)16-12(21)15-8/h1-4H,(H,14,18)(H,19,20)(H2,15,16,17,21). The first-order valence-corrected chi connectivity index (χ1v) is 6.62. The van der Waals surface area contributed by atoms with E-state index >= 15 is 0 Å². The monoisotopic (exact) mass is 401 g/mol. The van der Waals surface area contributed by atoms with E-state index in [1.54, 1.807) is 6.07 Å². The van der Waals surface area contributed by atoms with Gasteiger partial charge in [-0.05, 0) is 40.8 Å². The van der Waals surface area contributed by atoms with Gasteiger partial charge in [0, 0.05) is 9.64 Å². The number of nitrogens with one attached hydrogen (secondary N) is 3. The quantitative estimate of drug-likeness (QED) is 0.560. The third-order valence-corrected chi connectivity index (χ3v) is 3.14. The number of H-pyrrole nitrogens is 2. The van der Waals surface area contributed by atoms with Crippen LogP contribution in [0, 0.1) is 3.57 Å². The van der Waals surface area contributed by atoms with E-state index in [4.69, 9.17) is 5.11 Å². The van der Waals surface area contributed by atoms with Crippen molar-refractivity contribution in [1.29, 1.82) is 0 Å². The Bertz CT molecular complexity index is 811. The number of benzene rings is 1. The van der Waals surface area contributed by atoms with Crippen molar-refractivity contribution < 1.29 is 14.7 Å². The molecule has 0 aliphatic rings. The molecule has 1 aromatic carbocycles. The normalized spacial score (nSPS) is 10.1. The van der Waals surface area contributed by atoms with Crippen molar-refractivity contribution >= 4 is 40.2 Å². The molecule has 0 bridgehead atoms. The molecule has 4 N–H and O–H groups in total. The van der Waals surface area contributed by atoms with Crippen LogP contribution in [0.3, 0.4) is 0 Å². The molecule has 1 amide bonds. The van der Waals surface area contributed by atoms with E-state index in [9.17, 15) is 19.2 Å². The van der Waals surface area contributed by atoms with E-state index < -0.39 is 23.1 Å². The first kappa shape index (κ1) is 15.0. The molecular weight excluding hydrogens is 393 g/mol. The van der Waals surface area contributed by atoms with Crippen LogP contribution in [0.15, 0.2) is 33.9 Å². The molecule has 0 radical (unpaired) electrons. The zero-order valence-corrected chi connectivity index (χ0v) is 12.4. The van der Waals surface area contributed by atoms with Crippen LogP contribution < -0.4 is 16.6 Å². The molecule has 1 aromatic heterocycles. The zero-order valence-electron chi connectivity index (χ0n) is 10.3. The van der Waals surface area contributed by atoms with Crippen molar-refractivity contribution in [3.63, 3.8) is 0 Å². The summed E-state index contributed by atoms with van der Waals surface area (Å²) in [4.78, 5) is 49.4. The average molecular weight is 401 g/mol. The third kappa shape index (κ3) is 3.56. The number of halogens is 1. The maximum atomic E-state index is 11.9. The number of aromatic carboxylic acids is 1. The van der Waals surface area contributed by atoms with Gasteiger partial charge in [-0.2, -0.15) is 0 Å². The van der Waals surface area contributed by atoms with Crippen LogP contribution in [0.4, 0.5) is 5.69 Å². The SMILES string of the molecule is O=C(Nc1ccc(I)cc1C(=O)O)c1cc(=O)[nH]c(=O)[nH]1. The van der Waals surface area contributed by atoms with Crippen LogP contribution >= 0.6 is 22.6 Å². The summed E-state index contributed by atoms with van der Waals surface area (Å²) in [5.74, 6) is -2.00. The van der Waals surface area contributed by atoms with Gasteiger partial charge in [-0.3, -0.25) is 14.6 Å². The Hall–Kier alpha value is -2.43. The first-order valence-electron chi connectivity index (χ1n) is 5.54. The van der Waals surface area contributed by atoms with Gasteiger partial charge in [0.1, 0.15) is 5.69 Å². The molecule has 8 nitrogen and oxygen atoms in total. The van der Waals surface area contributed by atoms with Crippen LogP contribution in [0.5, 0.6) is 0 Å². The van der Waals surface area contributed by atoms with E-state index in [1.165, 1.54) is 12.1 Å². The largest absolute Gasteiger partial charge is 0.478 e. The molecule has 0 aliphatic carbocycles. The van der Waals surface area contributed by atoms with Crippen molar-refractivity contribution in [1.82, 2.24) is 9.97 Å². The summed E-state index contributed by atoms with van der Waals surface area (Å²) in [6.07, 6.45) is 0. The van der Waals surface area contributed by atoms with E-state index in [1.807, 2.05) is 27.6 Å². The van der Waals surface area contributed by atoms with Gasteiger partial charge in [-0.1, -0.05) is 0 Å². The van der Waals surface area contributed by atoms with E-state index in [2.05, 4.69) is 10.3 Å². The topological polar surface area (TPSA) is 132 Å². The second-order valence-electron chi connectivity index (χ2n) is 3.95. The molecular formula is C12H8IN3O5. The molecule has 0 aliphatic heterocycles. The van der Waals surface area contributed by atoms with Gasteiger partial charge >= 0.3 is 11.7 Å². The number of hydrogen-bond acceptors (Lipinski definition) is 4. The van der Waals surface area contributed by atoms with Crippen molar-refractivity contribution in [3.05, 3.63) is 59.9 Å². The lowest BCUT2D eigenvalue weighted by Gasteiger charge is -2.08. The number of carboxylic acids is 1. The van der Waals surface area contributed by atoms with Crippen LogP contribution in [0.25, 0.3) is 0 Å². The molecule has 21 heavy (non-hydrogen) atoms. The van der Waals surface area contributed by atoms with Gasteiger partial charge < -0.3 is 15.4 Å². The number of anilines is 1.